The van der Waals surface area contributed by atoms with Gasteiger partial charge in [0.05, 0.1) is 5.75 Å². The Hall–Kier alpha value is -1.18. The molecule has 0 bridgehead atoms. The van der Waals surface area contributed by atoms with Crippen molar-refractivity contribution in [1.29, 1.82) is 0 Å². The molecule has 1 aliphatic heterocycles. The normalized spacial score (nSPS) is 20.3. The van der Waals surface area contributed by atoms with Gasteiger partial charge in [0.25, 0.3) is 0 Å². The van der Waals surface area contributed by atoms with Crippen LogP contribution in [0.4, 0.5) is 0 Å². The summed E-state index contributed by atoms with van der Waals surface area (Å²) in [5, 5.41) is 29.5. The predicted octanol–water partition coefficient (Wildman–Crippen LogP) is 2.03. The van der Waals surface area contributed by atoms with Crippen LogP contribution in [0.2, 0.25) is 6.32 Å². The molecule has 1 saturated carbocycles. The van der Waals surface area contributed by atoms with E-state index < -0.39 is 12.7 Å². The fourth-order valence-corrected chi connectivity index (χ4v) is 4.01. The summed E-state index contributed by atoms with van der Waals surface area (Å²) in [6.07, 6.45) is 4.14. The van der Waals surface area contributed by atoms with E-state index in [1.54, 1.807) is 11.8 Å². The van der Waals surface area contributed by atoms with Gasteiger partial charge >= 0.3 is 12.7 Å². The summed E-state index contributed by atoms with van der Waals surface area (Å²) in [6, 6.07) is 3.66. The number of hydrogen-bond donors (Lipinski definition) is 3. The Morgan fingerprint density at radius 3 is 2.76 bits per heavy atom. The maximum absolute atomic E-state index is 11.6. The first-order valence-electron chi connectivity index (χ1n) is 7.25. The molecule has 0 spiro atoms. The van der Waals surface area contributed by atoms with Gasteiger partial charge in [0.2, 0.25) is 0 Å². The van der Waals surface area contributed by atoms with E-state index in [-0.39, 0.29) is 17.6 Å². The minimum Gasteiger partial charge on any atom is -0.669 e. The lowest BCUT2D eigenvalue weighted by molar-refractivity contribution is 0.0692. The largest absolute Gasteiger partial charge is 0.669 e. The van der Waals surface area contributed by atoms with Crippen molar-refractivity contribution in [3.8, 4) is 5.75 Å². The molecular weight excluding hydrogens is 291 g/mol. The third-order valence-corrected chi connectivity index (χ3v) is 5.58. The van der Waals surface area contributed by atoms with Crippen LogP contribution in [-0.2, 0) is 12.2 Å². The number of fused-ring (bicyclic) bond motifs is 1. The van der Waals surface area contributed by atoms with E-state index in [1.807, 2.05) is 12.1 Å². The molecule has 1 aromatic carbocycles. The molecule has 0 amide bonds. The summed E-state index contributed by atoms with van der Waals surface area (Å²) in [5.41, 5.74) is 1.49. The van der Waals surface area contributed by atoms with Crippen LogP contribution < -0.4 is 4.65 Å². The molecule has 114 valence electrons. The quantitative estimate of drug-likeness (QED) is 0.738. The van der Waals surface area contributed by atoms with Gasteiger partial charge in [0.15, 0.2) is 0 Å². The average molecular weight is 309 g/mol. The highest BCUT2D eigenvalue weighted by Crippen LogP contribution is 2.38. The highest BCUT2D eigenvalue weighted by molar-refractivity contribution is 7.99. The van der Waals surface area contributed by atoms with Crippen LogP contribution in [0.5, 0.6) is 5.75 Å². The lowest BCUT2D eigenvalue weighted by Gasteiger charge is -2.37. The van der Waals surface area contributed by atoms with Crippen molar-refractivity contribution >= 4 is 24.5 Å². The van der Waals surface area contributed by atoms with E-state index >= 15 is 0 Å². The highest BCUT2D eigenvalue weighted by Gasteiger charge is 2.32. The van der Waals surface area contributed by atoms with Crippen molar-refractivity contribution in [3.05, 3.63) is 28.8 Å². The minimum absolute atomic E-state index is 0.0772. The first kappa shape index (κ1) is 14.7. The smallest absolute Gasteiger partial charge is 0.430 e. The summed E-state index contributed by atoms with van der Waals surface area (Å²) in [6.45, 7) is -2.94. The van der Waals surface area contributed by atoms with E-state index in [1.165, 1.54) is 19.3 Å². The van der Waals surface area contributed by atoms with Gasteiger partial charge in [-0.2, -0.15) is 11.8 Å². The second-order valence-electron chi connectivity index (χ2n) is 5.77. The standard InChI is InChI=1S/C14H18BO5S/c16-14(17)12-10(8-21-11-2-1-3-11)5-4-9-6-7-15(18,19)20-13(9)12/h4-5,11,18-19H,1-3,6-8H2,(H,16,17)/q-1. The predicted molar refractivity (Wildman–Crippen MR) is 81.7 cm³/mol. The van der Waals surface area contributed by atoms with E-state index in [2.05, 4.69) is 0 Å². The van der Waals surface area contributed by atoms with Crippen molar-refractivity contribution in [2.24, 2.45) is 0 Å². The van der Waals surface area contributed by atoms with Gasteiger partial charge in [0, 0.05) is 11.0 Å². The van der Waals surface area contributed by atoms with Crippen LogP contribution in [0.3, 0.4) is 0 Å². The summed E-state index contributed by atoms with van der Waals surface area (Å²) < 4.78 is 5.18. The molecule has 0 radical (unpaired) electrons. The fourth-order valence-electron chi connectivity index (χ4n) is 2.69. The Kier molecular flexibility index (Phi) is 3.90. The number of aryl methyl sites for hydroxylation is 1. The molecule has 3 rings (SSSR count). The van der Waals surface area contributed by atoms with Gasteiger partial charge in [-0.1, -0.05) is 24.9 Å². The van der Waals surface area contributed by atoms with Gasteiger partial charge in [-0.25, -0.2) is 4.79 Å². The minimum atomic E-state index is -2.94. The number of carboxylic acid groups (broad SMARTS) is 1. The monoisotopic (exact) mass is 309 g/mol. The first-order chi connectivity index (χ1) is 9.96. The number of carbonyl (C=O) groups is 1. The second kappa shape index (κ2) is 5.55. The molecular formula is C14H18BO5S-. The SMILES string of the molecule is O=C(O)c1c(CSC2CCC2)ccc2c1O[B-](O)(O)CC2. The summed E-state index contributed by atoms with van der Waals surface area (Å²) in [7, 11) is 0. The van der Waals surface area contributed by atoms with Gasteiger partial charge < -0.3 is 19.8 Å². The molecule has 1 fully saturated rings. The number of thioether (sulfide) groups is 1. The molecule has 2 aliphatic rings. The molecule has 5 nitrogen and oxygen atoms in total. The van der Waals surface area contributed by atoms with Crippen LogP contribution in [0.25, 0.3) is 0 Å². The number of hydrogen-bond acceptors (Lipinski definition) is 5. The third kappa shape index (κ3) is 3.05. The van der Waals surface area contributed by atoms with Gasteiger partial charge in [0.1, 0.15) is 5.56 Å². The zero-order valence-corrected chi connectivity index (χ0v) is 12.4. The molecule has 1 aliphatic carbocycles. The number of carboxylic acids is 1. The highest BCUT2D eigenvalue weighted by atomic mass is 32.2. The molecule has 0 saturated heterocycles. The lowest BCUT2D eigenvalue weighted by Crippen LogP contribution is -2.45. The van der Waals surface area contributed by atoms with Crippen molar-refractivity contribution in [2.45, 2.75) is 43.0 Å². The number of rotatable bonds is 4. The number of aromatic carboxylic acids is 1. The fraction of sp³-hybridized carbons (Fsp3) is 0.500. The van der Waals surface area contributed by atoms with Crippen LogP contribution >= 0.6 is 11.8 Å². The average Bonchev–Trinajstić information content (AvgIpc) is 2.34. The van der Waals surface area contributed by atoms with Crippen LogP contribution in [0, 0.1) is 0 Å². The van der Waals surface area contributed by atoms with E-state index in [0.717, 1.165) is 5.56 Å². The molecule has 1 aromatic rings. The molecule has 1 heterocycles. The molecule has 0 aromatic heterocycles. The molecule has 3 N–H and O–H groups in total. The zero-order chi connectivity index (χ0) is 15.0. The van der Waals surface area contributed by atoms with E-state index in [9.17, 15) is 19.9 Å². The zero-order valence-electron chi connectivity index (χ0n) is 11.6. The Labute approximate surface area is 127 Å². The topological polar surface area (TPSA) is 87.0 Å². The van der Waals surface area contributed by atoms with Gasteiger partial charge in [-0.05, 0) is 30.4 Å². The van der Waals surface area contributed by atoms with Crippen LogP contribution in [0.1, 0.15) is 40.7 Å². The summed E-state index contributed by atoms with van der Waals surface area (Å²) in [4.78, 5) is 11.6. The second-order valence-corrected chi connectivity index (χ2v) is 7.06. The first-order valence-corrected chi connectivity index (χ1v) is 8.30. The van der Waals surface area contributed by atoms with Crippen molar-refractivity contribution in [2.75, 3.05) is 0 Å². The Morgan fingerprint density at radius 1 is 1.38 bits per heavy atom. The number of benzene rings is 1. The maximum atomic E-state index is 11.6. The van der Waals surface area contributed by atoms with Crippen LogP contribution in [0.15, 0.2) is 12.1 Å². The van der Waals surface area contributed by atoms with Crippen molar-refractivity contribution in [1.82, 2.24) is 0 Å². The Balaban J connectivity index is 1.91. The molecule has 7 heteroatoms. The maximum Gasteiger partial charge on any atom is 0.430 e. The molecule has 0 atom stereocenters. The van der Waals surface area contributed by atoms with Crippen molar-refractivity contribution in [3.63, 3.8) is 0 Å². The van der Waals surface area contributed by atoms with Crippen molar-refractivity contribution < 1.29 is 24.6 Å². The van der Waals surface area contributed by atoms with Crippen LogP contribution in [-0.4, -0.2) is 33.1 Å². The Bertz CT molecular complexity index is 571. The summed E-state index contributed by atoms with van der Waals surface area (Å²) in [5.74, 6) is -0.338. The third-order valence-electron chi connectivity index (χ3n) is 4.16. The molecule has 0 unspecified atom stereocenters. The summed E-state index contributed by atoms with van der Waals surface area (Å²) >= 11 is 1.76. The van der Waals surface area contributed by atoms with E-state index in [4.69, 9.17) is 4.65 Å². The van der Waals surface area contributed by atoms with Gasteiger partial charge in [-0.3, -0.25) is 0 Å². The molecule has 21 heavy (non-hydrogen) atoms. The van der Waals surface area contributed by atoms with E-state index in [0.29, 0.717) is 23.0 Å². The van der Waals surface area contributed by atoms with Gasteiger partial charge in [-0.15, -0.1) is 0 Å². The lowest BCUT2D eigenvalue weighted by atomic mass is 9.70. The Morgan fingerprint density at radius 2 is 2.14 bits per heavy atom.